The van der Waals surface area contributed by atoms with Gasteiger partial charge in [-0.05, 0) is 25.9 Å². The van der Waals surface area contributed by atoms with Crippen molar-refractivity contribution in [3.05, 3.63) is 0 Å². The quantitative estimate of drug-likeness (QED) is 0.820. The zero-order valence-corrected chi connectivity index (χ0v) is 13.9. The van der Waals surface area contributed by atoms with Gasteiger partial charge < -0.3 is 10.2 Å². The highest BCUT2D eigenvalue weighted by molar-refractivity contribution is 8.14. The lowest BCUT2D eigenvalue weighted by atomic mass is 10.1. The van der Waals surface area contributed by atoms with Crippen LogP contribution in [0.25, 0.3) is 0 Å². The van der Waals surface area contributed by atoms with Crippen LogP contribution >= 0.6 is 11.8 Å². The van der Waals surface area contributed by atoms with E-state index in [-0.39, 0.29) is 17.7 Å². The van der Waals surface area contributed by atoms with Crippen LogP contribution in [0.3, 0.4) is 0 Å². The van der Waals surface area contributed by atoms with Crippen LogP contribution in [-0.2, 0) is 9.59 Å². The summed E-state index contributed by atoms with van der Waals surface area (Å²) < 4.78 is 0. The summed E-state index contributed by atoms with van der Waals surface area (Å²) >= 11 is 1.57. The minimum absolute atomic E-state index is 0.0530. The fraction of sp³-hybridized carbons (Fsp3) is 0.800. The molecule has 0 radical (unpaired) electrons. The molecule has 0 aromatic rings. The summed E-state index contributed by atoms with van der Waals surface area (Å²) in [5.41, 5.74) is 0. The van der Waals surface area contributed by atoms with Gasteiger partial charge in [0.15, 0.2) is 5.17 Å². The Morgan fingerprint density at radius 1 is 1.50 bits per heavy atom. The molecule has 2 saturated heterocycles. The van der Waals surface area contributed by atoms with Gasteiger partial charge in [0.1, 0.15) is 0 Å². The molecule has 2 fully saturated rings. The molecular weight excluding hydrogens is 300 g/mol. The van der Waals surface area contributed by atoms with Crippen molar-refractivity contribution in [2.75, 3.05) is 38.5 Å². The maximum atomic E-state index is 12.3. The van der Waals surface area contributed by atoms with Crippen LogP contribution < -0.4 is 5.32 Å². The van der Waals surface area contributed by atoms with Crippen LogP contribution in [0, 0.1) is 5.92 Å². The average Bonchev–Trinajstić information content (AvgIpc) is 3.22. The van der Waals surface area contributed by atoms with Crippen LogP contribution in [0.1, 0.15) is 26.2 Å². The molecular formula is C15H24N4O2S. The van der Waals surface area contributed by atoms with Gasteiger partial charge >= 0.3 is 0 Å². The third-order valence-electron chi connectivity index (χ3n) is 4.74. The highest BCUT2D eigenvalue weighted by atomic mass is 32.2. The zero-order chi connectivity index (χ0) is 15.5. The van der Waals surface area contributed by atoms with Crippen molar-refractivity contribution >= 4 is 28.7 Å². The number of nitrogens with one attached hydrogen (secondary N) is 1. The van der Waals surface area contributed by atoms with E-state index in [1.54, 1.807) is 11.8 Å². The third-order valence-corrected chi connectivity index (χ3v) is 5.63. The first-order chi connectivity index (χ1) is 10.7. The highest BCUT2D eigenvalue weighted by Crippen LogP contribution is 2.23. The Bertz CT molecular complexity index is 482. The number of rotatable bonds is 4. The Hall–Kier alpha value is -1.08. The number of carbonyl (C=O) groups excluding carboxylic acids is 2. The van der Waals surface area contributed by atoms with Crippen LogP contribution in [-0.4, -0.2) is 71.3 Å². The lowest BCUT2D eigenvalue weighted by Crippen LogP contribution is -2.41. The van der Waals surface area contributed by atoms with E-state index in [9.17, 15) is 9.59 Å². The van der Waals surface area contributed by atoms with E-state index in [1.807, 2.05) is 4.90 Å². The number of carbonyl (C=O) groups is 2. The molecule has 7 heteroatoms. The molecule has 0 unspecified atom stereocenters. The highest BCUT2D eigenvalue weighted by Gasteiger charge is 2.37. The SMILES string of the molecule is CCN1CCC[C@@H]1CN1C[C@H](C(=O)NC2=NCCS2)CC1=O. The van der Waals surface area contributed by atoms with Crippen molar-refractivity contribution in [3.8, 4) is 0 Å². The smallest absolute Gasteiger partial charge is 0.231 e. The Morgan fingerprint density at radius 2 is 2.36 bits per heavy atom. The van der Waals surface area contributed by atoms with E-state index in [4.69, 9.17) is 0 Å². The summed E-state index contributed by atoms with van der Waals surface area (Å²) in [5, 5.41) is 3.57. The standard InChI is InChI=1S/C15H24N4O2S/c1-2-18-6-3-4-12(18)10-19-9-11(8-13(19)20)14(21)17-15-16-5-7-22-15/h11-12H,2-10H2,1H3,(H,16,17,21)/t11-,12-/m1/s1. The number of amides is 2. The number of nitrogens with zero attached hydrogens (tertiary/aromatic N) is 3. The second-order valence-corrected chi connectivity index (χ2v) is 7.23. The van der Waals surface area contributed by atoms with E-state index >= 15 is 0 Å². The molecule has 0 spiro atoms. The molecule has 0 aromatic heterocycles. The Kier molecular flexibility index (Phi) is 5.03. The van der Waals surface area contributed by atoms with Gasteiger partial charge in [-0.25, -0.2) is 0 Å². The van der Waals surface area contributed by atoms with Crippen molar-refractivity contribution in [1.29, 1.82) is 0 Å². The molecule has 122 valence electrons. The van der Waals surface area contributed by atoms with E-state index in [0.717, 1.165) is 38.4 Å². The summed E-state index contributed by atoms with van der Waals surface area (Å²) in [6.45, 7) is 6.42. The first-order valence-corrected chi connectivity index (χ1v) is 9.16. The van der Waals surface area contributed by atoms with Gasteiger partial charge in [0.2, 0.25) is 11.8 Å². The monoisotopic (exact) mass is 324 g/mol. The fourth-order valence-electron chi connectivity index (χ4n) is 3.52. The number of hydrogen-bond acceptors (Lipinski definition) is 5. The minimum atomic E-state index is -0.229. The molecule has 1 N–H and O–H groups in total. The Morgan fingerprint density at radius 3 is 3.09 bits per heavy atom. The lowest BCUT2D eigenvalue weighted by molar-refractivity contribution is -0.129. The summed E-state index contributed by atoms with van der Waals surface area (Å²) in [4.78, 5) is 33.0. The zero-order valence-electron chi connectivity index (χ0n) is 13.1. The normalized spacial score (nSPS) is 29.2. The number of hydrogen-bond donors (Lipinski definition) is 1. The summed E-state index contributed by atoms with van der Waals surface area (Å²) in [7, 11) is 0. The summed E-state index contributed by atoms with van der Waals surface area (Å²) in [5.74, 6) is 0.764. The lowest BCUT2D eigenvalue weighted by Gasteiger charge is -2.27. The molecule has 0 aliphatic carbocycles. The van der Waals surface area contributed by atoms with Crippen molar-refractivity contribution in [2.45, 2.75) is 32.2 Å². The van der Waals surface area contributed by atoms with Crippen molar-refractivity contribution in [2.24, 2.45) is 10.9 Å². The molecule has 3 aliphatic rings. The summed E-state index contributed by atoms with van der Waals surface area (Å²) in [6, 6.07) is 0.463. The molecule has 0 aromatic carbocycles. The molecule has 3 aliphatic heterocycles. The van der Waals surface area contributed by atoms with E-state index in [0.29, 0.717) is 24.2 Å². The van der Waals surface area contributed by atoms with Crippen molar-refractivity contribution in [3.63, 3.8) is 0 Å². The predicted octanol–water partition coefficient (Wildman–Crippen LogP) is 0.538. The minimum Gasteiger partial charge on any atom is -0.340 e. The molecule has 6 nitrogen and oxygen atoms in total. The van der Waals surface area contributed by atoms with E-state index in [2.05, 4.69) is 22.1 Å². The Balaban J connectivity index is 1.52. The van der Waals surface area contributed by atoms with Gasteiger partial charge in [0.05, 0.1) is 12.5 Å². The number of thioether (sulfide) groups is 1. The first kappa shape index (κ1) is 15.8. The first-order valence-electron chi connectivity index (χ1n) is 8.17. The molecule has 0 bridgehead atoms. The van der Waals surface area contributed by atoms with Crippen LogP contribution in [0.2, 0.25) is 0 Å². The number of likely N-dealkylation sites (N-methyl/N-ethyl adjacent to an activating group) is 1. The largest absolute Gasteiger partial charge is 0.340 e. The average molecular weight is 324 g/mol. The summed E-state index contributed by atoms with van der Waals surface area (Å²) in [6.07, 6.45) is 2.70. The molecule has 2 atom stereocenters. The van der Waals surface area contributed by atoms with Crippen molar-refractivity contribution in [1.82, 2.24) is 15.1 Å². The van der Waals surface area contributed by atoms with Gasteiger partial charge in [-0.2, -0.15) is 0 Å². The second kappa shape index (κ2) is 7.00. The van der Waals surface area contributed by atoms with E-state index in [1.165, 1.54) is 6.42 Å². The van der Waals surface area contributed by atoms with Gasteiger partial charge in [-0.1, -0.05) is 18.7 Å². The third kappa shape index (κ3) is 3.46. The van der Waals surface area contributed by atoms with Gasteiger partial charge in [-0.3, -0.25) is 19.5 Å². The fourth-order valence-corrected chi connectivity index (χ4v) is 4.25. The molecule has 0 saturated carbocycles. The topological polar surface area (TPSA) is 65.0 Å². The number of aliphatic imine (C=N–C) groups is 1. The van der Waals surface area contributed by atoms with E-state index < -0.39 is 0 Å². The Labute approximate surface area is 135 Å². The molecule has 3 heterocycles. The maximum absolute atomic E-state index is 12.3. The molecule has 3 rings (SSSR count). The predicted molar refractivity (Wildman–Crippen MR) is 87.9 cm³/mol. The van der Waals surface area contributed by atoms with Crippen LogP contribution in [0.4, 0.5) is 0 Å². The maximum Gasteiger partial charge on any atom is 0.231 e. The van der Waals surface area contributed by atoms with Gasteiger partial charge in [0, 0.05) is 31.3 Å². The van der Waals surface area contributed by atoms with Gasteiger partial charge in [0.25, 0.3) is 0 Å². The van der Waals surface area contributed by atoms with Crippen LogP contribution in [0.15, 0.2) is 4.99 Å². The second-order valence-electron chi connectivity index (χ2n) is 6.15. The number of likely N-dealkylation sites (tertiary alicyclic amines) is 2. The molecule has 22 heavy (non-hydrogen) atoms. The van der Waals surface area contributed by atoms with Crippen LogP contribution in [0.5, 0.6) is 0 Å². The van der Waals surface area contributed by atoms with Crippen molar-refractivity contribution < 1.29 is 9.59 Å². The van der Waals surface area contributed by atoms with Gasteiger partial charge in [-0.15, -0.1) is 0 Å². The number of amidine groups is 1. The molecule has 2 amide bonds.